The molecule has 3 heterocycles. The Morgan fingerprint density at radius 2 is 1.91 bits per heavy atom. The topological polar surface area (TPSA) is 90.2 Å². The summed E-state index contributed by atoms with van der Waals surface area (Å²) < 4.78 is 5.27. The van der Waals surface area contributed by atoms with E-state index in [1.165, 1.54) is 10.9 Å². The van der Waals surface area contributed by atoms with E-state index in [-0.39, 0.29) is 23.7 Å². The zero-order chi connectivity index (χ0) is 24.4. The molecule has 7 heteroatoms. The van der Waals surface area contributed by atoms with Crippen LogP contribution < -0.4 is 10.1 Å². The molecular weight excluding hydrogens is 440 g/mol. The summed E-state index contributed by atoms with van der Waals surface area (Å²) >= 11 is 0. The summed E-state index contributed by atoms with van der Waals surface area (Å²) in [6.45, 7) is 3.95. The number of benzene rings is 2. The fourth-order valence-electron chi connectivity index (χ4n) is 5.16. The molecule has 5 rings (SSSR count). The highest BCUT2D eigenvalue weighted by atomic mass is 16.5. The molecule has 2 amide bonds. The highest BCUT2D eigenvalue weighted by Gasteiger charge is 2.30. The number of methoxy groups -OCH3 is 1. The smallest absolute Gasteiger partial charge is 0.270 e. The van der Waals surface area contributed by atoms with Gasteiger partial charge in [0.05, 0.1) is 7.11 Å². The van der Waals surface area contributed by atoms with Crippen molar-refractivity contribution in [2.45, 2.75) is 26.2 Å². The van der Waals surface area contributed by atoms with Crippen molar-refractivity contribution in [1.82, 2.24) is 20.2 Å². The summed E-state index contributed by atoms with van der Waals surface area (Å²) in [6, 6.07) is 15.9. The second kappa shape index (κ2) is 9.86. The van der Waals surface area contributed by atoms with Gasteiger partial charge in [0.15, 0.2) is 0 Å². The fourth-order valence-corrected chi connectivity index (χ4v) is 5.16. The van der Waals surface area contributed by atoms with Crippen LogP contribution in [0.25, 0.3) is 21.8 Å². The first-order valence-corrected chi connectivity index (χ1v) is 12.3. The molecular formula is C28H32N4O3. The van der Waals surface area contributed by atoms with Crippen molar-refractivity contribution in [1.29, 1.82) is 0 Å². The second-order valence-electron chi connectivity index (χ2n) is 9.46. The van der Waals surface area contributed by atoms with Gasteiger partial charge in [-0.05, 0) is 55.0 Å². The van der Waals surface area contributed by atoms with Gasteiger partial charge in [-0.1, -0.05) is 25.1 Å². The van der Waals surface area contributed by atoms with Crippen LogP contribution in [0.4, 0.5) is 0 Å². The maximum absolute atomic E-state index is 13.1. The van der Waals surface area contributed by atoms with Gasteiger partial charge in [-0.2, -0.15) is 0 Å². The largest absolute Gasteiger partial charge is 0.497 e. The summed E-state index contributed by atoms with van der Waals surface area (Å²) in [5.74, 6) is 1.07. The lowest BCUT2D eigenvalue weighted by Gasteiger charge is -2.34. The number of amides is 2. The van der Waals surface area contributed by atoms with Crippen molar-refractivity contribution in [2.75, 3.05) is 26.7 Å². The highest BCUT2D eigenvalue weighted by Crippen LogP contribution is 2.27. The van der Waals surface area contributed by atoms with Crippen LogP contribution in [-0.2, 0) is 11.2 Å². The highest BCUT2D eigenvalue weighted by molar-refractivity contribution is 5.98. The molecule has 1 aliphatic heterocycles. The Balaban J connectivity index is 1.11. The fraction of sp³-hybridized carbons (Fsp3) is 0.357. The number of carbonyl (C=O) groups excluding carboxylic acids is 2. The predicted molar refractivity (Wildman–Crippen MR) is 138 cm³/mol. The minimum atomic E-state index is -0.0734. The predicted octanol–water partition coefficient (Wildman–Crippen LogP) is 4.51. The summed E-state index contributed by atoms with van der Waals surface area (Å²) in [7, 11) is 1.63. The van der Waals surface area contributed by atoms with Gasteiger partial charge in [0.1, 0.15) is 11.4 Å². The van der Waals surface area contributed by atoms with E-state index in [0.717, 1.165) is 41.4 Å². The normalized spacial score (nSPS) is 15.4. The molecule has 0 bridgehead atoms. The van der Waals surface area contributed by atoms with Gasteiger partial charge in [0.2, 0.25) is 5.91 Å². The van der Waals surface area contributed by atoms with Crippen LogP contribution in [0.3, 0.4) is 0 Å². The second-order valence-corrected chi connectivity index (χ2v) is 9.46. The third kappa shape index (κ3) is 4.76. The van der Waals surface area contributed by atoms with Crippen molar-refractivity contribution < 1.29 is 14.3 Å². The number of hydrogen-bond acceptors (Lipinski definition) is 3. The Morgan fingerprint density at radius 3 is 2.71 bits per heavy atom. The summed E-state index contributed by atoms with van der Waals surface area (Å²) in [5, 5.41) is 5.32. The monoisotopic (exact) mass is 472 g/mol. The van der Waals surface area contributed by atoms with Gasteiger partial charge in [-0.3, -0.25) is 9.59 Å². The molecule has 3 N–H and O–H groups in total. The lowest BCUT2D eigenvalue weighted by atomic mass is 9.84. The minimum absolute atomic E-state index is 0.00875. The average molecular weight is 473 g/mol. The Hall–Kier alpha value is -3.74. The molecule has 182 valence electrons. The molecule has 2 aromatic carbocycles. The number of aromatic nitrogens is 2. The molecule has 7 nitrogen and oxygen atoms in total. The first-order valence-electron chi connectivity index (χ1n) is 12.3. The molecule has 0 spiro atoms. The molecule has 0 unspecified atom stereocenters. The number of fused-ring (bicyclic) bond motifs is 2. The van der Waals surface area contributed by atoms with Gasteiger partial charge < -0.3 is 24.9 Å². The van der Waals surface area contributed by atoms with Crippen molar-refractivity contribution in [3.05, 3.63) is 66.0 Å². The van der Waals surface area contributed by atoms with Gasteiger partial charge in [-0.25, -0.2) is 0 Å². The van der Waals surface area contributed by atoms with Gasteiger partial charge >= 0.3 is 0 Å². The Labute approximate surface area is 204 Å². The number of likely N-dealkylation sites (tertiary alicyclic amines) is 1. The van der Waals surface area contributed by atoms with Crippen LogP contribution in [0.2, 0.25) is 0 Å². The number of para-hydroxylation sites is 1. The van der Waals surface area contributed by atoms with Crippen LogP contribution in [0.15, 0.2) is 54.7 Å². The van der Waals surface area contributed by atoms with Crippen molar-refractivity contribution in [3.8, 4) is 5.75 Å². The summed E-state index contributed by atoms with van der Waals surface area (Å²) in [4.78, 5) is 34.3. The van der Waals surface area contributed by atoms with E-state index in [1.807, 2.05) is 54.4 Å². The molecule has 0 aliphatic carbocycles. The molecule has 1 atom stereocenters. The molecule has 4 aromatic rings. The number of nitrogens with one attached hydrogen (secondary N) is 3. The molecule has 0 radical (unpaired) electrons. The molecule has 1 saturated heterocycles. The number of hydrogen-bond donors (Lipinski definition) is 3. The van der Waals surface area contributed by atoms with Crippen molar-refractivity contribution >= 4 is 33.6 Å². The Morgan fingerprint density at radius 1 is 1.11 bits per heavy atom. The first-order chi connectivity index (χ1) is 17.0. The number of piperidine rings is 1. The number of carbonyl (C=O) groups is 2. The summed E-state index contributed by atoms with van der Waals surface area (Å²) in [5.41, 5.74) is 3.82. The third-order valence-corrected chi connectivity index (χ3v) is 7.38. The lowest BCUT2D eigenvalue weighted by molar-refractivity contribution is -0.126. The quantitative estimate of drug-likeness (QED) is 0.370. The van der Waals surface area contributed by atoms with Crippen molar-refractivity contribution in [2.24, 2.45) is 11.8 Å². The van der Waals surface area contributed by atoms with E-state index in [0.29, 0.717) is 25.3 Å². The average Bonchev–Trinajstić information content (AvgIpc) is 3.51. The maximum atomic E-state index is 13.1. The standard InChI is InChI=1S/C28H32N4O3/c1-18(27(33)29-12-9-21-17-30-24-6-4-3-5-23(21)24)19-10-13-32(14-11-19)28(34)26-15-20-7-8-22(35-2)16-25(20)31-26/h3-8,15-19,30-31H,9-14H2,1-2H3,(H,29,33)/t18-/m0/s1. The van der Waals surface area contributed by atoms with Gasteiger partial charge in [0.25, 0.3) is 5.91 Å². The van der Waals surface area contributed by atoms with Crippen LogP contribution in [-0.4, -0.2) is 53.4 Å². The minimum Gasteiger partial charge on any atom is -0.497 e. The maximum Gasteiger partial charge on any atom is 0.270 e. The number of ether oxygens (including phenoxy) is 1. The lowest BCUT2D eigenvalue weighted by Crippen LogP contribution is -2.43. The zero-order valence-corrected chi connectivity index (χ0v) is 20.3. The van der Waals surface area contributed by atoms with Gasteiger partial charge in [-0.15, -0.1) is 0 Å². The number of nitrogens with zero attached hydrogens (tertiary/aromatic N) is 1. The third-order valence-electron chi connectivity index (χ3n) is 7.38. The molecule has 1 aliphatic rings. The van der Waals surface area contributed by atoms with Crippen LogP contribution in [0.1, 0.15) is 35.8 Å². The summed E-state index contributed by atoms with van der Waals surface area (Å²) in [6.07, 6.45) is 4.48. The van der Waals surface area contributed by atoms with E-state index < -0.39 is 0 Å². The Bertz CT molecular complexity index is 1350. The number of H-pyrrole nitrogens is 2. The zero-order valence-electron chi connectivity index (χ0n) is 20.3. The van der Waals surface area contributed by atoms with Gasteiger partial charge in [0, 0.05) is 59.6 Å². The van der Waals surface area contributed by atoms with Crippen LogP contribution in [0, 0.1) is 11.8 Å². The van der Waals surface area contributed by atoms with E-state index >= 15 is 0 Å². The molecule has 35 heavy (non-hydrogen) atoms. The Kier molecular flexibility index (Phi) is 6.49. The van der Waals surface area contributed by atoms with Crippen molar-refractivity contribution in [3.63, 3.8) is 0 Å². The first kappa shape index (κ1) is 23.0. The van der Waals surface area contributed by atoms with E-state index in [1.54, 1.807) is 7.11 Å². The number of aromatic amines is 2. The SMILES string of the molecule is COc1ccc2cc(C(=O)N3CCC([C@H](C)C(=O)NCCc4c[nH]c5ccccc45)CC3)[nH]c2c1. The van der Waals surface area contributed by atoms with Crippen LogP contribution in [0.5, 0.6) is 5.75 Å². The van der Waals surface area contributed by atoms with E-state index in [9.17, 15) is 9.59 Å². The van der Waals surface area contributed by atoms with Crippen LogP contribution >= 0.6 is 0 Å². The van der Waals surface area contributed by atoms with E-state index in [2.05, 4.69) is 27.4 Å². The molecule has 1 fully saturated rings. The number of rotatable bonds is 7. The molecule has 0 saturated carbocycles. The molecule has 2 aromatic heterocycles. The van der Waals surface area contributed by atoms with E-state index in [4.69, 9.17) is 4.74 Å².